The normalized spacial score (nSPS) is 31.3. The smallest absolute Gasteiger partial charge is 0.0300 e. The molecule has 1 aliphatic heterocycles. The van der Waals surface area contributed by atoms with Crippen LogP contribution in [0.1, 0.15) is 6.42 Å². The van der Waals surface area contributed by atoms with Crippen molar-refractivity contribution in [3.05, 3.63) is 0 Å². The number of hydrogen-bond acceptors (Lipinski definition) is 2. The molecule has 7 heavy (non-hydrogen) atoms. The zero-order valence-electron chi connectivity index (χ0n) is 4.08. The Morgan fingerprint density at radius 3 is 2.86 bits per heavy atom. The molecule has 1 saturated heterocycles. The third-order valence-electron chi connectivity index (χ3n) is 1.21. The van der Waals surface area contributed by atoms with Crippen molar-refractivity contribution in [2.75, 3.05) is 13.1 Å². The molecule has 2 nitrogen and oxygen atoms in total. The first-order valence-electron chi connectivity index (χ1n) is 2.50. The Bertz CT molecular complexity index is 51.7. The van der Waals surface area contributed by atoms with Crippen LogP contribution in [0.2, 0.25) is 0 Å². The molecule has 1 fully saturated rings. The second-order valence-corrected chi connectivity index (χ2v) is 2.42. The van der Waals surface area contributed by atoms with Gasteiger partial charge in [0.05, 0.1) is 0 Å². The fraction of sp³-hybridized carbons (Fsp3) is 1.00. The van der Waals surface area contributed by atoms with Crippen LogP contribution in [0.5, 0.6) is 0 Å². The quantitative estimate of drug-likeness (QED) is 0.482. The van der Waals surface area contributed by atoms with Crippen LogP contribution in [-0.4, -0.2) is 19.1 Å². The highest BCUT2D eigenvalue weighted by molar-refractivity contribution is 14.1. The monoisotopic (exact) mass is 212 g/mol. The van der Waals surface area contributed by atoms with Gasteiger partial charge in [-0.05, 0) is 13.0 Å². The highest BCUT2D eigenvalue weighted by Crippen LogP contribution is 1.97. The molecule has 2 N–H and O–H groups in total. The summed E-state index contributed by atoms with van der Waals surface area (Å²) in [6.07, 6.45) is 1.28. The minimum atomic E-state index is 0.723. The van der Waals surface area contributed by atoms with Crippen LogP contribution in [0.25, 0.3) is 0 Å². The standard InChI is InChI=1S/C4H9IN2/c5-7-4-1-2-6-3-4/h4,6-7H,1-3H2. The van der Waals surface area contributed by atoms with Crippen molar-refractivity contribution >= 4 is 22.9 Å². The van der Waals surface area contributed by atoms with Gasteiger partial charge in [-0.1, -0.05) is 0 Å². The summed E-state index contributed by atoms with van der Waals surface area (Å²) in [7, 11) is 0. The van der Waals surface area contributed by atoms with E-state index in [2.05, 4.69) is 31.7 Å². The van der Waals surface area contributed by atoms with Crippen LogP contribution in [0.3, 0.4) is 0 Å². The van der Waals surface area contributed by atoms with Crippen molar-refractivity contribution in [3.63, 3.8) is 0 Å². The SMILES string of the molecule is INC1CCNC1. The van der Waals surface area contributed by atoms with E-state index in [0.717, 1.165) is 12.6 Å². The maximum atomic E-state index is 3.26. The first-order valence-corrected chi connectivity index (χ1v) is 3.58. The van der Waals surface area contributed by atoms with Crippen molar-refractivity contribution in [1.29, 1.82) is 0 Å². The van der Waals surface area contributed by atoms with E-state index in [4.69, 9.17) is 0 Å². The molecule has 1 heterocycles. The van der Waals surface area contributed by atoms with Gasteiger partial charge in [0.1, 0.15) is 0 Å². The first kappa shape index (κ1) is 5.78. The molecule has 1 atom stereocenters. The second-order valence-electron chi connectivity index (χ2n) is 1.80. The van der Waals surface area contributed by atoms with E-state index in [1.165, 1.54) is 13.0 Å². The Hall–Kier alpha value is 0.650. The molecule has 3 heteroatoms. The van der Waals surface area contributed by atoms with Crippen LogP contribution < -0.4 is 8.85 Å². The summed E-state index contributed by atoms with van der Waals surface area (Å²) in [5.74, 6) is 0. The van der Waals surface area contributed by atoms with Crippen LogP contribution in [0, 0.1) is 0 Å². The molecule has 1 unspecified atom stereocenters. The molecule has 1 aliphatic rings. The van der Waals surface area contributed by atoms with Crippen molar-refractivity contribution in [2.24, 2.45) is 0 Å². The van der Waals surface area contributed by atoms with Crippen molar-refractivity contribution in [1.82, 2.24) is 8.85 Å². The van der Waals surface area contributed by atoms with E-state index in [1.807, 2.05) is 0 Å². The molecule has 0 aromatic heterocycles. The molecule has 0 saturated carbocycles. The minimum absolute atomic E-state index is 0.723. The molecule has 42 valence electrons. The molecule has 0 aliphatic carbocycles. The summed E-state index contributed by atoms with van der Waals surface area (Å²) < 4.78 is 3.17. The van der Waals surface area contributed by atoms with Crippen LogP contribution in [0.4, 0.5) is 0 Å². The van der Waals surface area contributed by atoms with E-state index < -0.39 is 0 Å². The predicted molar refractivity (Wildman–Crippen MR) is 38.4 cm³/mol. The number of rotatable bonds is 1. The molecule has 0 aromatic rings. The summed E-state index contributed by atoms with van der Waals surface area (Å²) >= 11 is 2.20. The maximum absolute atomic E-state index is 3.26. The van der Waals surface area contributed by atoms with Gasteiger partial charge in [0, 0.05) is 35.5 Å². The van der Waals surface area contributed by atoms with Gasteiger partial charge < -0.3 is 5.32 Å². The van der Waals surface area contributed by atoms with Gasteiger partial charge >= 0.3 is 0 Å². The molecule has 0 aromatic carbocycles. The van der Waals surface area contributed by atoms with Crippen molar-refractivity contribution < 1.29 is 0 Å². The Kier molecular flexibility index (Phi) is 2.34. The van der Waals surface area contributed by atoms with E-state index in [1.54, 1.807) is 0 Å². The summed E-state index contributed by atoms with van der Waals surface area (Å²) in [4.78, 5) is 0. The van der Waals surface area contributed by atoms with Crippen LogP contribution in [-0.2, 0) is 0 Å². The predicted octanol–water partition coefficient (Wildman–Crippen LogP) is 0.288. The van der Waals surface area contributed by atoms with Crippen LogP contribution in [0.15, 0.2) is 0 Å². The first-order chi connectivity index (χ1) is 3.43. The zero-order valence-corrected chi connectivity index (χ0v) is 6.23. The van der Waals surface area contributed by atoms with Crippen molar-refractivity contribution in [3.8, 4) is 0 Å². The van der Waals surface area contributed by atoms with Gasteiger partial charge in [0.2, 0.25) is 0 Å². The lowest BCUT2D eigenvalue weighted by Crippen LogP contribution is -2.22. The van der Waals surface area contributed by atoms with Gasteiger partial charge in [-0.15, -0.1) is 0 Å². The highest BCUT2D eigenvalue weighted by atomic mass is 127. The largest absolute Gasteiger partial charge is 0.315 e. The van der Waals surface area contributed by atoms with Gasteiger partial charge in [0.25, 0.3) is 0 Å². The van der Waals surface area contributed by atoms with E-state index in [9.17, 15) is 0 Å². The number of hydrogen-bond donors (Lipinski definition) is 2. The number of halogens is 1. The van der Waals surface area contributed by atoms with E-state index in [0.29, 0.717) is 0 Å². The lowest BCUT2D eigenvalue weighted by molar-refractivity contribution is 0.711. The second kappa shape index (κ2) is 2.84. The highest BCUT2D eigenvalue weighted by Gasteiger charge is 2.10. The molecule has 1 rings (SSSR count). The van der Waals surface area contributed by atoms with Gasteiger partial charge in [-0.25, -0.2) is 0 Å². The fourth-order valence-corrected chi connectivity index (χ4v) is 1.28. The third kappa shape index (κ3) is 1.54. The lowest BCUT2D eigenvalue weighted by atomic mass is 10.3. The van der Waals surface area contributed by atoms with Crippen molar-refractivity contribution in [2.45, 2.75) is 12.5 Å². The maximum Gasteiger partial charge on any atom is 0.0300 e. The summed E-state index contributed by atoms with van der Waals surface area (Å²) in [6.45, 7) is 2.32. The fourth-order valence-electron chi connectivity index (χ4n) is 0.748. The Morgan fingerprint density at radius 2 is 2.57 bits per heavy atom. The molecule has 0 amide bonds. The summed E-state index contributed by atoms with van der Waals surface area (Å²) in [6, 6.07) is 0.723. The minimum Gasteiger partial charge on any atom is -0.315 e. The summed E-state index contributed by atoms with van der Waals surface area (Å²) in [5.41, 5.74) is 0. The van der Waals surface area contributed by atoms with Gasteiger partial charge in [0.15, 0.2) is 0 Å². The average molecular weight is 212 g/mol. The van der Waals surface area contributed by atoms with Gasteiger partial charge in [-0.3, -0.25) is 3.53 Å². The lowest BCUT2D eigenvalue weighted by Gasteiger charge is -2.00. The molecule has 0 bridgehead atoms. The Balaban J connectivity index is 2.14. The molecule has 0 radical (unpaired) electrons. The number of nitrogens with one attached hydrogen (secondary N) is 2. The van der Waals surface area contributed by atoms with E-state index in [-0.39, 0.29) is 0 Å². The topological polar surface area (TPSA) is 24.1 Å². The Labute approximate surface area is 57.5 Å². The van der Waals surface area contributed by atoms with E-state index >= 15 is 0 Å². The zero-order chi connectivity index (χ0) is 5.11. The molecular weight excluding hydrogens is 203 g/mol. The van der Waals surface area contributed by atoms with Crippen LogP contribution >= 0.6 is 22.9 Å². The molecular formula is C4H9IN2. The van der Waals surface area contributed by atoms with Gasteiger partial charge in [-0.2, -0.15) is 0 Å². The molecule has 0 spiro atoms. The average Bonchev–Trinajstić information content (AvgIpc) is 2.14. The third-order valence-corrected chi connectivity index (χ3v) is 2.10. The Morgan fingerprint density at radius 1 is 1.71 bits per heavy atom. The summed E-state index contributed by atoms with van der Waals surface area (Å²) in [5, 5.41) is 3.26.